The fourth-order valence-electron chi connectivity index (χ4n) is 1.73. The lowest BCUT2D eigenvalue weighted by atomic mass is 10.2. The number of ether oxygens (including phenoxy) is 1. The van der Waals surface area contributed by atoms with Crippen molar-refractivity contribution >= 4 is 11.6 Å². The molecule has 0 bridgehead atoms. The minimum atomic E-state index is 0.623. The number of hydrogen-bond acceptors (Lipinski definition) is 4. The highest BCUT2D eigenvalue weighted by molar-refractivity contribution is 6.31. The van der Waals surface area contributed by atoms with E-state index in [1.807, 2.05) is 25.1 Å². The number of hydrogen-bond donors (Lipinski definition) is 1. The van der Waals surface area contributed by atoms with Crippen molar-refractivity contribution in [2.75, 3.05) is 7.11 Å². The Morgan fingerprint density at radius 1 is 1.21 bits per heavy atom. The maximum Gasteiger partial charge on any atom is 0.124 e. The van der Waals surface area contributed by atoms with E-state index in [0.29, 0.717) is 18.1 Å². The Morgan fingerprint density at radius 2 is 2.05 bits per heavy atom. The van der Waals surface area contributed by atoms with E-state index in [0.717, 1.165) is 22.7 Å². The van der Waals surface area contributed by atoms with Gasteiger partial charge >= 0.3 is 0 Å². The van der Waals surface area contributed by atoms with Gasteiger partial charge in [-0.2, -0.15) is 0 Å². The van der Waals surface area contributed by atoms with Crippen LogP contribution >= 0.6 is 11.6 Å². The van der Waals surface area contributed by atoms with Crippen molar-refractivity contribution in [3.63, 3.8) is 0 Å². The van der Waals surface area contributed by atoms with Gasteiger partial charge in [-0.25, -0.2) is 0 Å². The zero-order chi connectivity index (χ0) is 13.7. The van der Waals surface area contributed by atoms with Crippen molar-refractivity contribution in [1.82, 2.24) is 15.3 Å². The largest absolute Gasteiger partial charge is 0.496 e. The summed E-state index contributed by atoms with van der Waals surface area (Å²) in [7, 11) is 1.64. The molecule has 0 saturated heterocycles. The van der Waals surface area contributed by atoms with Gasteiger partial charge in [-0.1, -0.05) is 17.7 Å². The monoisotopic (exact) mass is 277 g/mol. The van der Waals surface area contributed by atoms with Crippen molar-refractivity contribution in [2.24, 2.45) is 0 Å². The molecule has 0 amide bonds. The molecule has 2 rings (SSSR count). The molecule has 0 spiro atoms. The van der Waals surface area contributed by atoms with Crippen LogP contribution in [0.25, 0.3) is 0 Å². The van der Waals surface area contributed by atoms with E-state index in [1.54, 1.807) is 19.5 Å². The highest BCUT2D eigenvalue weighted by Gasteiger charge is 2.07. The van der Waals surface area contributed by atoms with Gasteiger partial charge in [0.2, 0.25) is 0 Å². The molecular formula is C14H16ClN3O. The molecule has 5 heteroatoms. The molecule has 19 heavy (non-hydrogen) atoms. The first-order valence-corrected chi connectivity index (χ1v) is 6.38. The normalized spacial score (nSPS) is 10.5. The number of nitrogens with one attached hydrogen (secondary N) is 1. The highest BCUT2D eigenvalue weighted by atomic mass is 35.5. The van der Waals surface area contributed by atoms with Crippen LogP contribution in [0, 0.1) is 6.92 Å². The Balaban J connectivity index is 1.97. The molecule has 0 radical (unpaired) electrons. The maximum atomic E-state index is 6.16. The van der Waals surface area contributed by atoms with Crippen LogP contribution in [0.5, 0.6) is 5.75 Å². The number of benzene rings is 1. The number of nitrogens with zero attached hydrogens (tertiary/aromatic N) is 2. The Hall–Kier alpha value is -1.65. The number of rotatable bonds is 5. The summed E-state index contributed by atoms with van der Waals surface area (Å²) in [6, 6.07) is 5.62. The maximum absolute atomic E-state index is 6.16. The average molecular weight is 278 g/mol. The average Bonchev–Trinajstić information content (AvgIpc) is 2.42. The van der Waals surface area contributed by atoms with Gasteiger partial charge in [0.15, 0.2) is 0 Å². The van der Waals surface area contributed by atoms with Gasteiger partial charge in [0, 0.05) is 36.1 Å². The van der Waals surface area contributed by atoms with Crippen LogP contribution in [0.3, 0.4) is 0 Å². The van der Waals surface area contributed by atoms with Crippen LogP contribution < -0.4 is 10.1 Å². The standard InChI is InChI=1S/C14H16ClN3O/c1-10-6-18-11(8-17-10)7-16-9-12-13(15)4-3-5-14(12)19-2/h3-6,8,16H,7,9H2,1-2H3. The van der Waals surface area contributed by atoms with E-state index in [-0.39, 0.29) is 0 Å². The molecule has 4 nitrogen and oxygen atoms in total. The Labute approximate surface area is 117 Å². The van der Waals surface area contributed by atoms with Gasteiger partial charge in [0.1, 0.15) is 5.75 Å². The molecule has 1 aromatic heterocycles. The van der Waals surface area contributed by atoms with Gasteiger partial charge in [-0.05, 0) is 19.1 Å². The van der Waals surface area contributed by atoms with E-state index >= 15 is 0 Å². The Morgan fingerprint density at radius 3 is 2.74 bits per heavy atom. The number of methoxy groups -OCH3 is 1. The SMILES string of the molecule is COc1cccc(Cl)c1CNCc1cnc(C)cn1. The second-order valence-electron chi connectivity index (χ2n) is 4.17. The number of halogens is 1. The molecule has 0 atom stereocenters. The molecule has 0 aliphatic carbocycles. The summed E-state index contributed by atoms with van der Waals surface area (Å²) >= 11 is 6.16. The summed E-state index contributed by atoms with van der Waals surface area (Å²) in [6.07, 6.45) is 3.53. The lowest BCUT2D eigenvalue weighted by molar-refractivity contribution is 0.407. The molecule has 2 aromatic rings. The number of aryl methyl sites for hydroxylation is 1. The quantitative estimate of drug-likeness (QED) is 0.913. The van der Waals surface area contributed by atoms with Crippen molar-refractivity contribution in [2.45, 2.75) is 20.0 Å². The minimum absolute atomic E-state index is 0.623. The molecule has 0 aliphatic rings. The predicted molar refractivity (Wildman–Crippen MR) is 75.3 cm³/mol. The van der Waals surface area contributed by atoms with Crippen LogP contribution in [0.2, 0.25) is 5.02 Å². The topological polar surface area (TPSA) is 47.0 Å². The van der Waals surface area contributed by atoms with Crippen LogP contribution in [0.1, 0.15) is 17.0 Å². The summed E-state index contributed by atoms with van der Waals surface area (Å²) in [6.45, 7) is 3.18. The highest BCUT2D eigenvalue weighted by Crippen LogP contribution is 2.25. The van der Waals surface area contributed by atoms with Crippen LogP contribution in [0.15, 0.2) is 30.6 Å². The molecule has 0 saturated carbocycles. The van der Waals surface area contributed by atoms with E-state index in [9.17, 15) is 0 Å². The zero-order valence-electron chi connectivity index (χ0n) is 11.0. The van der Waals surface area contributed by atoms with Crippen LogP contribution in [-0.4, -0.2) is 17.1 Å². The Bertz CT molecular complexity index is 543. The van der Waals surface area contributed by atoms with Crippen molar-refractivity contribution in [3.8, 4) is 5.75 Å². The van der Waals surface area contributed by atoms with Crippen LogP contribution in [-0.2, 0) is 13.1 Å². The van der Waals surface area contributed by atoms with Crippen molar-refractivity contribution < 1.29 is 4.74 Å². The fourth-order valence-corrected chi connectivity index (χ4v) is 1.96. The first-order chi connectivity index (χ1) is 9.20. The molecule has 0 fully saturated rings. The van der Waals surface area contributed by atoms with Gasteiger partial charge in [-0.15, -0.1) is 0 Å². The third-order valence-electron chi connectivity index (χ3n) is 2.74. The molecule has 1 aromatic carbocycles. The lowest BCUT2D eigenvalue weighted by Gasteiger charge is -2.11. The molecule has 1 heterocycles. The summed E-state index contributed by atoms with van der Waals surface area (Å²) in [5.74, 6) is 0.787. The van der Waals surface area contributed by atoms with E-state index in [2.05, 4.69) is 15.3 Å². The Kier molecular flexibility index (Phi) is 4.71. The predicted octanol–water partition coefficient (Wildman–Crippen LogP) is 2.74. The second kappa shape index (κ2) is 6.50. The zero-order valence-corrected chi connectivity index (χ0v) is 11.7. The summed E-state index contributed by atoms with van der Waals surface area (Å²) < 4.78 is 5.29. The lowest BCUT2D eigenvalue weighted by Crippen LogP contribution is -2.15. The van der Waals surface area contributed by atoms with Gasteiger partial charge in [0.05, 0.1) is 18.5 Å². The number of aromatic nitrogens is 2. The van der Waals surface area contributed by atoms with Crippen molar-refractivity contribution in [1.29, 1.82) is 0 Å². The fraction of sp³-hybridized carbons (Fsp3) is 0.286. The van der Waals surface area contributed by atoms with Gasteiger partial charge < -0.3 is 10.1 Å². The third-order valence-corrected chi connectivity index (χ3v) is 3.09. The van der Waals surface area contributed by atoms with Crippen LogP contribution in [0.4, 0.5) is 0 Å². The smallest absolute Gasteiger partial charge is 0.124 e. The van der Waals surface area contributed by atoms with Gasteiger partial charge in [-0.3, -0.25) is 9.97 Å². The summed E-state index contributed by atoms with van der Waals surface area (Å²) in [5.41, 5.74) is 2.76. The third kappa shape index (κ3) is 3.66. The molecule has 0 aliphatic heterocycles. The van der Waals surface area contributed by atoms with E-state index in [4.69, 9.17) is 16.3 Å². The molecular weight excluding hydrogens is 262 g/mol. The van der Waals surface area contributed by atoms with Gasteiger partial charge in [0.25, 0.3) is 0 Å². The second-order valence-corrected chi connectivity index (χ2v) is 4.58. The van der Waals surface area contributed by atoms with E-state index < -0.39 is 0 Å². The first kappa shape index (κ1) is 13.8. The molecule has 1 N–H and O–H groups in total. The van der Waals surface area contributed by atoms with Crippen molar-refractivity contribution in [3.05, 3.63) is 52.6 Å². The molecule has 0 unspecified atom stereocenters. The van der Waals surface area contributed by atoms with E-state index in [1.165, 1.54) is 0 Å². The molecule has 100 valence electrons. The first-order valence-electron chi connectivity index (χ1n) is 6.00. The minimum Gasteiger partial charge on any atom is -0.496 e. The summed E-state index contributed by atoms with van der Waals surface area (Å²) in [5, 5.41) is 3.98. The summed E-state index contributed by atoms with van der Waals surface area (Å²) in [4.78, 5) is 8.49.